The van der Waals surface area contributed by atoms with Gasteiger partial charge < -0.3 is 9.64 Å². The number of carbonyl (C=O) groups is 1. The van der Waals surface area contributed by atoms with Gasteiger partial charge in [0.1, 0.15) is 6.73 Å². The summed E-state index contributed by atoms with van der Waals surface area (Å²) < 4.78 is 9.14. The van der Waals surface area contributed by atoms with E-state index in [1.807, 2.05) is 43.0 Å². The lowest BCUT2D eigenvalue weighted by Gasteiger charge is -2.26. The molecule has 0 saturated heterocycles. The van der Waals surface area contributed by atoms with Gasteiger partial charge >= 0.3 is 0 Å². The Morgan fingerprint density at radius 1 is 1.15 bits per heavy atom. The molecule has 212 valence electrons. The van der Waals surface area contributed by atoms with E-state index in [0.717, 1.165) is 70.3 Å². The molecule has 2 aliphatic heterocycles. The molecule has 40 heavy (non-hydrogen) atoms. The van der Waals surface area contributed by atoms with Gasteiger partial charge in [0.25, 0.3) is 5.91 Å². The molecule has 2 aliphatic rings. The normalized spacial score (nSPS) is 17.7. The van der Waals surface area contributed by atoms with E-state index < -0.39 is 8.07 Å². The van der Waals surface area contributed by atoms with Crippen molar-refractivity contribution in [3.63, 3.8) is 0 Å². The van der Waals surface area contributed by atoms with Crippen molar-refractivity contribution in [1.29, 1.82) is 0 Å². The summed E-state index contributed by atoms with van der Waals surface area (Å²) in [5.41, 5.74) is 6.22. The molecule has 2 bridgehead atoms. The Bertz CT molecular complexity index is 1450. The molecule has 4 heterocycles. The van der Waals surface area contributed by atoms with E-state index in [4.69, 9.17) is 14.7 Å². The molecule has 8 nitrogen and oxygen atoms in total. The van der Waals surface area contributed by atoms with Gasteiger partial charge in [0, 0.05) is 55.3 Å². The molecule has 0 spiro atoms. The standard InChI is InChI=1S/C30H39BrN6O2Si/c1-20-8-7-9-26-24(17-32-35(26)3)25-15-22(14-21(2)33-25)29(38)34-30-36(18-20)28-16-23(31)10-11-27(28)37(30)19-39-12-13-40(4,5)6/h10-11,14-17,20H,7-9,12-13,18-19H2,1-6H3/t20-/m1/s1. The SMILES string of the molecule is Cc1cc2cc(n1)-c1cnn(C)c1CCC[C@@H](C)CN1C(=NC2=O)N(COCC[Si](C)(C)C)c2ccc(Br)cc21. The smallest absolute Gasteiger partial charge is 0.280 e. The minimum absolute atomic E-state index is 0.291. The zero-order valence-corrected chi connectivity index (χ0v) is 27.0. The number of hydrogen-bond acceptors (Lipinski definition) is 6. The van der Waals surface area contributed by atoms with Crippen LogP contribution in [0.5, 0.6) is 0 Å². The van der Waals surface area contributed by atoms with Crippen LogP contribution < -0.4 is 9.80 Å². The molecule has 0 fully saturated rings. The first-order valence-electron chi connectivity index (χ1n) is 14.1. The third-order valence-electron chi connectivity index (χ3n) is 7.56. The zero-order chi connectivity index (χ0) is 28.6. The number of aliphatic imine (C=N–C) groups is 1. The lowest BCUT2D eigenvalue weighted by Crippen LogP contribution is -2.42. The molecule has 5 rings (SSSR count). The van der Waals surface area contributed by atoms with Gasteiger partial charge in [-0.25, -0.2) is 0 Å². The highest BCUT2D eigenvalue weighted by atomic mass is 79.9. The molecule has 0 unspecified atom stereocenters. The maximum absolute atomic E-state index is 13.8. The largest absolute Gasteiger partial charge is 0.361 e. The van der Waals surface area contributed by atoms with Crippen LogP contribution in [-0.2, 0) is 18.2 Å². The number of hydrogen-bond donors (Lipinski definition) is 0. The molecule has 1 aromatic carbocycles. The summed E-state index contributed by atoms with van der Waals surface area (Å²) in [7, 11) is 0.741. The Hall–Kier alpha value is -2.82. The lowest BCUT2D eigenvalue weighted by molar-refractivity contribution is 0.100. The van der Waals surface area contributed by atoms with Crippen molar-refractivity contribution in [2.24, 2.45) is 18.0 Å². The Balaban J connectivity index is 1.58. The van der Waals surface area contributed by atoms with Crippen LogP contribution in [0.25, 0.3) is 11.3 Å². The average molecular weight is 624 g/mol. The summed E-state index contributed by atoms with van der Waals surface area (Å²) in [6.45, 7) is 13.0. The minimum Gasteiger partial charge on any atom is -0.361 e. The third-order valence-corrected chi connectivity index (χ3v) is 9.76. The number of fused-ring (bicyclic) bond motifs is 7. The third kappa shape index (κ3) is 6.24. The van der Waals surface area contributed by atoms with E-state index in [2.05, 4.69) is 69.5 Å². The van der Waals surface area contributed by atoms with Gasteiger partial charge in [-0.05, 0) is 68.5 Å². The zero-order valence-electron chi connectivity index (χ0n) is 24.4. The molecule has 0 radical (unpaired) electrons. The number of carbonyl (C=O) groups excluding carboxylic acids is 1. The van der Waals surface area contributed by atoms with E-state index in [1.165, 1.54) is 0 Å². The molecule has 0 saturated carbocycles. The number of ether oxygens (including phenoxy) is 1. The van der Waals surface area contributed by atoms with Crippen molar-refractivity contribution >= 4 is 47.2 Å². The first-order valence-corrected chi connectivity index (χ1v) is 18.6. The number of pyridine rings is 1. The molecule has 0 N–H and O–H groups in total. The van der Waals surface area contributed by atoms with E-state index in [9.17, 15) is 4.79 Å². The predicted molar refractivity (Wildman–Crippen MR) is 168 cm³/mol. The minimum atomic E-state index is -1.23. The summed E-state index contributed by atoms with van der Waals surface area (Å²) in [5.74, 6) is 0.701. The summed E-state index contributed by atoms with van der Waals surface area (Å²) in [6, 6.07) is 11.0. The summed E-state index contributed by atoms with van der Waals surface area (Å²) in [6.07, 6.45) is 4.82. The second-order valence-corrected chi connectivity index (χ2v) is 18.8. The van der Waals surface area contributed by atoms with Gasteiger partial charge in [-0.3, -0.25) is 19.4 Å². The van der Waals surface area contributed by atoms with Crippen LogP contribution in [0.15, 0.2) is 46.0 Å². The Kier molecular flexibility index (Phi) is 8.31. The lowest BCUT2D eigenvalue weighted by atomic mass is 9.99. The quantitative estimate of drug-likeness (QED) is 0.234. The summed E-state index contributed by atoms with van der Waals surface area (Å²) >= 11 is 3.66. The Morgan fingerprint density at radius 3 is 2.73 bits per heavy atom. The van der Waals surface area contributed by atoms with Crippen LogP contribution >= 0.6 is 15.9 Å². The van der Waals surface area contributed by atoms with Gasteiger partial charge in [0.2, 0.25) is 5.96 Å². The maximum Gasteiger partial charge on any atom is 0.280 e. The number of nitrogens with zero attached hydrogens (tertiary/aromatic N) is 6. The van der Waals surface area contributed by atoms with Crippen molar-refractivity contribution in [2.45, 2.75) is 58.8 Å². The summed E-state index contributed by atoms with van der Waals surface area (Å²) in [5, 5.41) is 4.52. The highest BCUT2D eigenvalue weighted by Gasteiger charge is 2.35. The van der Waals surface area contributed by atoms with E-state index in [0.29, 0.717) is 30.8 Å². The van der Waals surface area contributed by atoms with Crippen molar-refractivity contribution in [3.05, 3.63) is 58.0 Å². The monoisotopic (exact) mass is 622 g/mol. The van der Waals surface area contributed by atoms with Crippen molar-refractivity contribution in [3.8, 4) is 11.3 Å². The molecule has 2 aromatic heterocycles. The number of anilines is 2. The Morgan fingerprint density at radius 2 is 1.95 bits per heavy atom. The first-order chi connectivity index (χ1) is 19.0. The molecule has 1 amide bonds. The fraction of sp³-hybridized carbons (Fsp3) is 0.467. The molecular formula is C30H39BrN6O2Si. The van der Waals surface area contributed by atoms with E-state index in [-0.39, 0.29) is 5.91 Å². The number of halogens is 1. The highest BCUT2D eigenvalue weighted by Crippen LogP contribution is 2.40. The van der Waals surface area contributed by atoms with Crippen LogP contribution in [0, 0.1) is 12.8 Å². The van der Waals surface area contributed by atoms with Crippen LogP contribution in [0.1, 0.15) is 41.5 Å². The van der Waals surface area contributed by atoms with Crippen molar-refractivity contribution in [1.82, 2.24) is 14.8 Å². The molecule has 1 atom stereocenters. The first kappa shape index (κ1) is 28.7. The average Bonchev–Trinajstić information content (AvgIpc) is 3.37. The van der Waals surface area contributed by atoms with Crippen LogP contribution in [-0.4, -0.2) is 54.6 Å². The predicted octanol–water partition coefficient (Wildman–Crippen LogP) is 6.66. The fourth-order valence-electron chi connectivity index (χ4n) is 5.34. The number of guanidine groups is 1. The van der Waals surface area contributed by atoms with Crippen molar-refractivity contribution in [2.75, 3.05) is 29.7 Å². The van der Waals surface area contributed by atoms with Gasteiger partial charge in [-0.2, -0.15) is 10.1 Å². The topological polar surface area (TPSA) is 75.9 Å². The molecule has 0 aliphatic carbocycles. The van der Waals surface area contributed by atoms with Crippen molar-refractivity contribution < 1.29 is 9.53 Å². The van der Waals surface area contributed by atoms with Gasteiger partial charge in [0.05, 0.1) is 23.3 Å². The van der Waals surface area contributed by atoms with E-state index >= 15 is 0 Å². The number of aryl methyl sites for hydroxylation is 2. The van der Waals surface area contributed by atoms with Crippen LogP contribution in [0.4, 0.5) is 11.4 Å². The highest BCUT2D eigenvalue weighted by molar-refractivity contribution is 9.10. The van der Waals surface area contributed by atoms with Gasteiger partial charge in [-0.1, -0.05) is 42.5 Å². The Labute approximate surface area is 246 Å². The number of aromatic nitrogens is 3. The molecule has 10 heteroatoms. The molecular weight excluding hydrogens is 584 g/mol. The van der Waals surface area contributed by atoms with Gasteiger partial charge in [-0.15, -0.1) is 0 Å². The number of benzene rings is 1. The summed E-state index contributed by atoms with van der Waals surface area (Å²) in [4.78, 5) is 27.6. The second kappa shape index (κ2) is 11.6. The number of rotatable bonds is 5. The second-order valence-electron chi connectivity index (χ2n) is 12.2. The molecule has 3 aromatic rings. The fourth-order valence-corrected chi connectivity index (χ4v) is 6.45. The van der Waals surface area contributed by atoms with Crippen LogP contribution in [0.3, 0.4) is 0 Å². The van der Waals surface area contributed by atoms with E-state index in [1.54, 1.807) is 0 Å². The van der Waals surface area contributed by atoms with Crippen LogP contribution in [0.2, 0.25) is 25.7 Å². The van der Waals surface area contributed by atoms with Gasteiger partial charge in [0.15, 0.2) is 0 Å². The number of amides is 1. The maximum atomic E-state index is 13.8.